The molecule has 0 aromatic heterocycles. The van der Waals surface area contributed by atoms with E-state index in [1.165, 1.54) is 0 Å². The fraction of sp³-hybridized carbons (Fsp3) is 1.00. The first kappa shape index (κ1) is 15.8. The first-order chi connectivity index (χ1) is 7.70. The van der Waals surface area contributed by atoms with Crippen molar-refractivity contribution < 1.29 is 19.7 Å². The molecule has 2 unspecified atom stereocenters. The minimum absolute atomic E-state index is 0.294. The third kappa shape index (κ3) is 10.3. The molecule has 0 aliphatic heterocycles. The minimum Gasteiger partial charge on any atom is -0.392 e. The van der Waals surface area contributed by atoms with Crippen molar-refractivity contribution in [3.05, 3.63) is 0 Å². The molecule has 3 N–H and O–H groups in total. The van der Waals surface area contributed by atoms with E-state index in [1.54, 1.807) is 0 Å². The van der Waals surface area contributed by atoms with Crippen LogP contribution in [0.2, 0.25) is 0 Å². The van der Waals surface area contributed by atoms with Gasteiger partial charge in [0.05, 0.1) is 32.0 Å². The van der Waals surface area contributed by atoms with Gasteiger partial charge in [-0.25, -0.2) is 0 Å². The molecule has 0 saturated heterocycles. The lowest BCUT2D eigenvalue weighted by Crippen LogP contribution is -2.35. The number of aliphatic hydroxyl groups excluding tert-OH is 2. The molecular weight excluding hydrogens is 210 g/mol. The van der Waals surface area contributed by atoms with Crippen molar-refractivity contribution in [3.8, 4) is 0 Å². The summed E-state index contributed by atoms with van der Waals surface area (Å²) in [5.41, 5.74) is 0. The molecule has 0 saturated carbocycles. The van der Waals surface area contributed by atoms with Gasteiger partial charge in [-0.05, 0) is 13.3 Å². The minimum atomic E-state index is -0.536. The molecular formula is C11H25NO4. The summed E-state index contributed by atoms with van der Waals surface area (Å²) < 4.78 is 10.3. The van der Waals surface area contributed by atoms with Crippen molar-refractivity contribution in [2.45, 2.75) is 32.5 Å². The smallest absolute Gasteiger partial charge is 0.0897 e. The van der Waals surface area contributed by atoms with Crippen LogP contribution in [-0.4, -0.2) is 61.9 Å². The van der Waals surface area contributed by atoms with Crippen molar-refractivity contribution in [1.82, 2.24) is 5.32 Å². The molecule has 0 amide bonds. The lowest BCUT2D eigenvalue weighted by molar-refractivity contribution is 0.00570. The van der Waals surface area contributed by atoms with Gasteiger partial charge in [0, 0.05) is 19.7 Å². The SMILES string of the molecule is CCOCCOCC(O)CNCC(O)CC. The zero-order chi connectivity index (χ0) is 12.2. The van der Waals surface area contributed by atoms with Crippen LogP contribution in [0.15, 0.2) is 0 Å². The molecule has 0 bridgehead atoms. The molecule has 0 radical (unpaired) electrons. The Kier molecular flexibility index (Phi) is 11.1. The molecule has 5 heteroatoms. The second-order valence-corrected chi connectivity index (χ2v) is 3.65. The van der Waals surface area contributed by atoms with Crippen molar-refractivity contribution >= 4 is 0 Å². The Morgan fingerprint density at radius 3 is 2.25 bits per heavy atom. The van der Waals surface area contributed by atoms with Gasteiger partial charge >= 0.3 is 0 Å². The summed E-state index contributed by atoms with van der Waals surface area (Å²) in [6.07, 6.45) is -0.162. The van der Waals surface area contributed by atoms with Crippen LogP contribution >= 0.6 is 0 Å². The zero-order valence-corrected chi connectivity index (χ0v) is 10.3. The average molecular weight is 235 g/mol. The Balaban J connectivity index is 3.21. The molecule has 0 aliphatic carbocycles. The highest BCUT2D eigenvalue weighted by molar-refractivity contribution is 4.62. The van der Waals surface area contributed by atoms with Gasteiger partial charge in [-0.1, -0.05) is 6.92 Å². The van der Waals surface area contributed by atoms with E-state index < -0.39 is 6.10 Å². The summed E-state index contributed by atoms with van der Waals surface area (Å²) in [6, 6.07) is 0. The van der Waals surface area contributed by atoms with Crippen molar-refractivity contribution in [3.63, 3.8) is 0 Å². The molecule has 16 heavy (non-hydrogen) atoms. The van der Waals surface area contributed by atoms with E-state index in [2.05, 4.69) is 5.32 Å². The predicted octanol–water partition coefficient (Wildman–Crippen LogP) is -0.239. The van der Waals surface area contributed by atoms with Crippen LogP contribution in [0.25, 0.3) is 0 Å². The van der Waals surface area contributed by atoms with Gasteiger partial charge in [-0.2, -0.15) is 0 Å². The molecule has 0 aliphatic rings. The molecule has 2 atom stereocenters. The van der Waals surface area contributed by atoms with Gasteiger partial charge in [0.15, 0.2) is 0 Å². The van der Waals surface area contributed by atoms with Gasteiger partial charge < -0.3 is 25.0 Å². The largest absolute Gasteiger partial charge is 0.392 e. The molecule has 98 valence electrons. The molecule has 0 aromatic rings. The van der Waals surface area contributed by atoms with Crippen LogP contribution in [0.4, 0.5) is 0 Å². The van der Waals surface area contributed by atoms with Gasteiger partial charge in [-0.15, -0.1) is 0 Å². The second-order valence-electron chi connectivity index (χ2n) is 3.65. The molecule has 0 fully saturated rings. The number of hydrogen-bond acceptors (Lipinski definition) is 5. The van der Waals surface area contributed by atoms with Gasteiger partial charge in [0.25, 0.3) is 0 Å². The van der Waals surface area contributed by atoms with E-state index in [1.807, 2.05) is 13.8 Å². The van der Waals surface area contributed by atoms with Gasteiger partial charge in [0.1, 0.15) is 0 Å². The van der Waals surface area contributed by atoms with Crippen LogP contribution in [0, 0.1) is 0 Å². The Hall–Kier alpha value is -0.200. The van der Waals surface area contributed by atoms with E-state index in [9.17, 15) is 10.2 Å². The maximum absolute atomic E-state index is 9.48. The van der Waals surface area contributed by atoms with Gasteiger partial charge in [-0.3, -0.25) is 0 Å². The Morgan fingerprint density at radius 1 is 1.00 bits per heavy atom. The van der Waals surface area contributed by atoms with Crippen LogP contribution in [-0.2, 0) is 9.47 Å². The zero-order valence-electron chi connectivity index (χ0n) is 10.3. The monoisotopic (exact) mass is 235 g/mol. The van der Waals surface area contributed by atoms with Crippen LogP contribution < -0.4 is 5.32 Å². The number of rotatable bonds is 11. The standard InChI is InChI=1S/C11H25NO4/c1-3-10(13)7-12-8-11(14)9-16-6-5-15-4-2/h10-14H,3-9H2,1-2H3. The average Bonchev–Trinajstić information content (AvgIpc) is 2.28. The molecule has 0 spiro atoms. The summed E-state index contributed by atoms with van der Waals surface area (Å²) in [5.74, 6) is 0. The topological polar surface area (TPSA) is 71.0 Å². The maximum Gasteiger partial charge on any atom is 0.0897 e. The van der Waals surface area contributed by atoms with Crippen LogP contribution in [0.3, 0.4) is 0 Å². The number of nitrogens with one attached hydrogen (secondary N) is 1. The van der Waals surface area contributed by atoms with E-state index in [4.69, 9.17) is 9.47 Å². The Morgan fingerprint density at radius 2 is 1.62 bits per heavy atom. The van der Waals surface area contributed by atoms with E-state index >= 15 is 0 Å². The lowest BCUT2D eigenvalue weighted by Gasteiger charge is -2.14. The van der Waals surface area contributed by atoms with Crippen LogP contribution in [0.5, 0.6) is 0 Å². The normalized spacial score (nSPS) is 15.0. The highest BCUT2D eigenvalue weighted by Crippen LogP contribution is 1.88. The van der Waals surface area contributed by atoms with Crippen LogP contribution in [0.1, 0.15) is 20.3 Å². The number of hydrogen-bond donors (Lipinski definition) is 3. The second kappa shape index (κ2) is 11.3. The Bertz CT molecular complexity index is 146. The fourth-order valence-electron chi connectivity index (χ4n) is 1.10. The van der Waals surface area contributed by atoms with Crippen molar-refractivity contribution in [2.24, 2.45) is 0 Å². The first-order valence-corrected chi connectivity index (χ1v) is 5.93. The molecule has 0 aromatic carbocycles. The summed E-state index contributed by atoms with van der Waals surface area (Å²) in [4.78, 5) is 0. The van der Waals surface area contributed by atoms with E-state index in [-0.39, 0.29) is 6.10 Å². The van der Waals surface area contributed by atoms with E-state index in [0.29, 0.717) is 45.9 Å². The number of aliphatic hydroxyl groups is 2. The summed E-state index contributed by atoms with van der Waals surface area (Å²) >= 11 is 0. The fourth-order valence-corrected chi connectivity index (χ4v) is 1.10. The van der Waals surface area contributed by atoms with Gasteiger partial charge in [0.2, 0.25) is 0 Å². The molecule has 0 rings (SSSR count). The third-order valence-corrected chi connectivity index (χ3v) is 2.12. The first-order valence-electron chi connectivity index (χ1n) is 5.93. The summed E-state index contributed by atoms with van der Waals surface area (Å²) in [7, 11) is 0. The summed E-state index contributed by atoms with van der Waals surface area (Å²) in [6.45, 7) is 6.83. The van der Waals surface area contributed by atoms with E-state index in [0.717, 1.165) is 0 Å². The highest BCUT2D eigenvalue weighted by atomic mass is 16.5. The highest BCUT2D eigenvalue weighted by Gasteiger charge is 2.05. The van der Waals surface area contributed by atoms with Crippen molar-refractivity contribution in [2.75, 3.05) is 39.5 Å². The number of ether oxygens (including phenoxy) is 2. The molecule has 5 nitrogen and oxygen atoms in total. The molecule has 0 heterocycles. The van der Waals surface area contributed by atoms with Crippen molar-refractivity contribution in [1.29, 1.82) is 0 Å². The predicted molar refractivity (Wildman–Crippen MR) is 62.5 cm³/mol. The summed E-state index contributed by atoms with van der Waals surface area (Å²) in [5, 5.41) is 21.7. The Labute approximate surface area is 97.8 Å². The quantitative estimate of drug-likeness (QED) is 0.431. The third-order valence-electron chi connectivity index (χ3n) is 2.12. The lowest BCUT2D eigenvalue weighted by atomic mass is 10.3. The maximum atomic E-state index is 9.48.